The van der Waals surface area contributed by atoms with Gasteiger partial charge in [0.25, 0.3) is 0 Å². The van der Waals surface area contributed by atoms with E-state index >= 15 is 0 Å². The summed E-state index contributed by atoms with van der Waals surface area (Å²) in [5.74, 6) is 5.71. The molecule has 0 atom stereocenters. The maximum absolute atomic E-state index is 11.7. The molecule has 0 bridgehead atoms. The molecule has 16 heavy (non-hydrogen) atoms. The molecule has 0 radical (unpaired) electrons. The predicted molar refractivity (Wildman–Crippen MR) is 61.9 cm³/mol. The fraction of sp³-hybridized carbons (Fsp3) is 0.357. The average Bonchev–Trinajstić information content (AvgIpc) is 3.11. The van der Waals surface area contributed by atoms with Gasteiger partial charge in [-0.15, -0.1) is 5.92 Å². The summed E-state index contributed by atoms with van der Waals surface area (Å²) in [6, 6.07) is 7.86. The van der Waals surface area contributed by atoms with E-state index in [0.717, 1.165) is 24.0 Å². The molecular formula is C14H14O2. The second-order valence-electron chi connectivity index (χ2n) is 4.03. The highest BCUT2D eigenvalue weighted by Crippen LogP contribution is 2.49. The third-order valence-corrected chi connectivity index (χ3v) is 3.03. The Morgan fingerprint density at radius 3 is 2.38 bits per heavy atom. The van der Waals surface area contributed by atoms with Crippen LogP contribution in [0, 0.1) is 11.8 Å². The Kier molecular flexibility index (Phi) is 2.70. The zero-order valence-corrected chi connectivity index (χ0v) is 9.54. The predicted octanol–water partition coefficient (Wildman–Crippen LogP) is 2.26. The SMILES string of the molecule is CC#Cc1ccc(C2(C(=O)OC)CC2)cc1. The lowest BCUT2D eigenvalue weighted by Crippen LogP contribution is -2.21. The molecule has 0 unspecified atom stereocenters. The smallest absolute Gasteiger partial charge is 0.316 e. The number of methoxy groups -OCH3 is 1. The van der Waals surface area contributed by atoms with Gasteiger partial charge in [-0.1, -0.05) is 18.1 Å². The summed E-state index contributed by atoms with van der Waals surface area (Å²) in [4.78, 5) is 11.7. The number of hydrogen-bond donors (Lipinski definition) is 0. The Balaban J connectivity index is 2.27. The maximum Gasteiger partial charge on any atom is 0.316 e. The number of rotatable bonds is 2. The van der Waals surface area contributed by atoms with Gasteiger partial charge in [-0.05, 0) is 37.5 Å². The summed E-state index contributed by atoms with van der Waals surface area (Å²) < 4.78 is 4.84. The minimum Gasteiger partial charge on any atom is -0.468 e. The Morgan fingerprint density at radius 1 is 1.31 bits per heavy atom. The molecule has 2 heteroatoms. The standard InChI is InChI=1S/C14H14O2/c1-3-4-11-5-7-12(8-6-11)14(9-10-14)13(15)16-2/h5-8H,9-10H2,1-2H3. The van der Waals surface area contributed by atoms with Crippen LogP contribution in [-0.2, 0) is 14.9 Å². The summed E-state index contributed by atoms with van der Waals surface area (Å²) >= 11 is 0. The molecule has 1 aliphatic rings. The topological polar surface area (TPSA) is 26.3 Å². The number of benzene rings is 1. The summed E-state index contributed by atoms with van der Waals surface area (Å²) in [6.45, 7) is 1.81. The minimum absolute atomic E-state index is 0.123. The molecule has 1 aromatic rings. The van der Waals surface area contributed by atoms with Crippen molar-refractivity contribution in [2.45, 2.75) is 25.2 Å². The minimum atomic E-state index is -0.368. The number of carbonyl (C=O) groups is 1. The van der Waals surface area contributed by atoms with Crippen LogP contribution in [0.2, 0.25) is 0 Å². The van der Waals surface area contributed by atoms with E-state index in [-0.39, 0.29) is 11.4 Å². The van der Waals surface area contributed by atoms with E-state index in [1.807, 2.05) is 31.2 Å². The van der Waals surface area contributed by atoms with Gasteiger partial charge in [0.05, 0.1) is 12.5 Å². The second-order valence-corrected chi connectivity index (χ2v) is 4.03. The molecule has 2 rings (SSSR count). The van der Waals surface area contributed by atoms with Crippen molar-refractivity contribution in [3.05, 3.63) is 35.4 Å². The average molecular weight is 214 g/mol. The van der Waals surface area contributed by atoms with Gasteiger partial charge in [-0.2, -0.15) is 0 Å². The highest BCUT2D eigenvalue weighted by molar-refractivity contribution is 5.86. The molecule has 0 amide bonds. The van der Waals surface area contributed by atoms with Crippen LogP contribution in [0.4, 0.5) is 0 Å². The third-order valence-electron chi connectivity index (χ3n) is 3.03. The van der Waals surface area contributed by atoms with E-state index in [9.17, 15) is 4.79 Å². The van der Waals surface area contributed by atoms with Crippen LogP contribution in [0.25, 0.3) is 0 Å². The van der Waals surface area contributed by atoms with Crippen LogP contribution in [0.3, 0.4) is 0 Å². The first-order valence-electron chi connectivity index (χ1n) is 5.34. The van der Waals surface area contributed by atoms with Gasteiger partial charge in [0, 0.05) is 5.56 Å². The van der Waals surface area contributed by atoms with Crippen molar-refractivity contribution in [1.82, 2.24) is 0 Å². The number of hydrogen-bond acceptors (Lipinski definition) is 2. The zero-order valence-electron chi connectivity index (χ0n) is 9.54. The van der Waals surface area contributed by atoms with E-state index in [2.05, 4.69) is 11.8 Å². The second kappa shape index (κ2) is 4.02. The largest absolute Gasteiger partial charge is 0.468 e. The van der Waals surface area contributed by atoms with Crippen molar-refractivity contribution in [1.29, 1.82) is 0 Å². The third kappa shape index (κ3) is 1.69. The van der Waals surface area contributed by atoms with E-state index in [1.165, 1.54) is 7.11 Å². The number of esters is 1. The number of carbonyl (C=O) groups excluding carboxylic acids is 1. The van der Waals surface area contributed by atoms with Gasteiger partial charge in [-0.3, -0.25) is 4.79 Å². The maximum atomic E-state index is 11.7. The van der Waals surface area contributed by atoms with E-state index in [4.69, 9.17) is 4.74 Å². The van der Waals surface area contributed by atoms with Gasteiger partial charge in [0.1, 0.15) is 0 Å². The van der Waals surface area contributed by atoms with E-state index in [1.54, 1.807) is 0 Å². The molecule has 1 aromatic carbocycles. The first kappa shape index (κ1) is 10.8. The van der Waals surface area contributed by atoms with Gasteiger partial charge >= 0.3 is 5.97 Å². The quantitative estimate of drug-likeness (QED) is 0.557. The van der Waals surface area contributed by atoms with Crippen molar-refractivity contribution in [3.63, 3.8) is 0 Å². The van der Waals surface area contributed by atoms with E-state index < -0.39 is 0 Å². The zero-order chi connectivity index (χ0) is 11.6. The lowest BCUT2D eigenvalue weighted by Gasteiger charge is -2.12. The lowest BCUT2D eigenvalue weighted by atomic mass is 9.95. The molecule has 0 N–H and O–H groups in total. The van der Waals surface area contributed by atoms with E-state index in [0.29, 0.717) is 0 Å². The Hall–Kier alpha value is -1.75. The molecule has 0 spiro atoms. The van der Waals surface area contributed by atoms with Gasteiger partial charge in [0.2, 0.25) is 0 Å². The van der Waals surface area contributed by atoms with Crippen molar-refractivity contribution < 1.29 is 9.53 Å². The fourth-order valence-corrected chi connectivity index (χ4v) is 1.95. The summed E-state index contributed by atoms with van der Waals surface area (Å²) in [5, 5.41) is 0. The molecule has 0 aliphatic heterocycles. The molecule has 82 valence electrons. The Labute approximate surface area is 95.6 Å². The van der Waals surface area contributed by atoms with Crippen LogP contribution >= 0.6 is 0 Å². The van der Waals surface area contributed by atoms with Crippen LogP contribution in [0.15, 0.2) is 24.3 Å². The van der Waals surface area contributed by atoms with Crippen molar-refractivity contribution in [3.8, 4) is 11.8 Å². The highest BCUT2D eigenvalue weighted by Gasteiger charge is 2.52. The van der Waals surface area contributed by atoms with Crippen LogP contribution in [0.5, 0.6) is 0 Å². The first-order chi connectivity index (χ1) is 7.73. The molecule has 1 aliphatic carbocycles. The normalized spacial score (nSPS) is 15.9. The lowest BCUT2D eigenvalue weighted by molar-refractivity contribution is -0.143. The van der Waals surface area contributed by atoms with Gasteiger partial charge in [0.15, 0.2) is 0 Å². The first-order valence-corrected chi connectivity index (χ1v) is 5.34. The van der Waals surface area contributed by atoms with Crippen molar-refractivity contribution in [2.24, 2.45) is 0 Å². The molecule has 0 heterocycles. The number of ether oxygens (including phenoxy) is 1. The molecular weight excluding hydrogens is 200 g/mol. The molecule has 0 aromatic heterocycles. The van der Waals surface area contributed by atoms with Crippen molar-refractivity contribution >= 4 is 5.97 Å². The molecule has 1 fully saturated rings. The summed E-state index contributed by atoms with van der Waals surface area (Å²) in [7, 11) is 1.44. The molecule has 1 saturated carbocycles. The summed E-state index contributed by atoms with van der Waals surface area (Å²) in [5.41, 5.74) is 1.65. The van der Waals surface area contributed by atoms with Gasteiger partial charge < -0.3 is 4.74 Å². The Morgan fingerprint density at radius 2 is 1.94 bits per heavy atom. The highest BCUT2D eigenvalue weighted by atomic mass is 16.5. The van der Waals surface area contributed by atoms with Crippen LogP contribution in [0.1, 0.15) is 30.9 Å². The van der Waals surface area contributed by atoms with Gasteiger partial charge in [-0.25, -0.2) is 0 Å². The van der Waals surface area contributed by atoms with Crippen LogP contribution in [-0.4, -0.2) is 13.1 Å². The van der Waals surface area contributed by atoms with Crippen LogP contribution < -0.4 is 0 Å². The Bertz CT molecular complexity index is 456. The fourth-order valence-electron chi connectivity index (χ4n) is 1.95. The van der Waals surface area contributed by atoms with Crippen molar-refractivity contribution in [2.75, 3.05) is 7.11 Å². The summed E-state index contributed by atoms with van der Waals surface area (Å²) in [6.07, 6.45) is 1.77. The monoisotopic (exact) mass is 214 g/mol. The molecule has 2 nitrogen and oxygen atoms in total. The molecule has 0 saturated heterocycles.